The predicted molar refractivity (Wildman–Crippen MR) is 54.3 cm³/mol. The van der Waals surface area contributed by atoms with Crippen molar-refractivity contribution in [2.24, 2.45) is 0 Å². The molecule has 1 aromatic rings. The molecule has 0 saturated heterocycles. The minimum atomic E-state index is 0.0776. The van der Waals surface area contributed by atoms with E-state index in [1.165, 1.54) is 18.9 Å². The van der Waals surface area contributed by atoms with Crippen molar-refractivity contribution in [1.82, 2.24) is 0 Å². The van der Waals surface area contributed by atoms with Crippen LogP contribution in [-0.2, 0) is 0 Å². The zero-order valence-electron chi connectivity index (χ0n) is 7.22. The average Bonchev–Trinajstić information content (AvgIpc) is 2.07. The van der Waals surface area contributed by atoms with Crippen LogP contribution in [0.4, 0.5) is 0 Å². The van der Waals surface area contributed by atoms with Gasteiger partial charge in [-0.25, -0.2) is 0 Å². The molecule has 0 unspecified atom stereocenters. The quantitative estimate of drug-likeness (QED) is 0.469. The number of unbranched alkanes of at least 4 members (excludes halogenated alkanes) is 1. The van der Waals surface area contributed by atoms with Crippen LogP contribution in [0, 0.1) is 0 Å². The third-order valence-electron chi connectivity index (χ3n) is 1.91. The second-order valence-electron chi connectivity index (χ2n) is 2.94. The summed E-state index contributed by atoms with van der Waals surface area (Å²) in [5, 5.41) is 1.61. The lowest BCUT2D eigenvalue weighted by Crippen LogP contribution is -2.11. The third kappa shape index (κ3) is 3.37. The van der Waals surface area contributed by atoms with Gasteiger partial charge in [-0.3, -0.25) is 0 Å². The lowest BCUT2D eigenvalue weighted by atomic mass is 10.4. The van der Waals surface area contributed by atoms with Gasteiger partial charge in [0.2, 0.25) is 0 Å². The fourth-order valence-electron chi connectivity index (χ4n) is 1.22. The van der Waals surface area contributed by atoms with Gasteiger partial charge in [0.1, 0.15) is 0 Å². The van der Waals surface area contributed by atoms with Crippen molar-refractivity contribution in [1.29, 1.82) is 0 Å². The first-order valence-electron chi connectivity index (χ1n) is 4.47. The maximum atomic E-state index is 2.27. The van der Waals surface area contributed by atoms with Crippen LogP contribution < -0.4 is 5.19 Å². The Labute approximate surface area is 71.5 Å². The van der Waals surface area contributed by atoms with Crippen LogP contribution in [0.3, 0.4) is 0 Å². The molecule has 0 bridgehead atoms. The van der Waals surface area contributed by atoms with Gasteiger partial charge in [0, 0.05) is 0 Å². The standard InChI is InChI=1S/C10H16Si/c1-2-3-9-11-10-7-5-4-6-8-10/h4-8H,2-3,9,11H2,1H3. The fourth-order valence-corrected chi connectivity index (χ4v) is 2.99. The second kappa shape index (κ2) is 5.14. The summed E-state index contributed by atoms with van der Waals surface area (Å²) in [5.74, 6) is 0. The Hall–Kier alpha value is -0.563. The topological polar surface area (TPSA) is 0 Å². The van der Waals surface area contributed by atoms with Gasteiger partial charge in [0.05, 0.1) is 9.52 Å². The van der Waals surface area contributed by atoms with Gasteiger partial charge in [-0.2, -0.15) is 0 Å². The first-order valence-corrected chi connectivity index (χ1v) is 6.18. The lowest BCUT2D eigenvalue weighted by Gasteiger charge is -1.97. The molecular formula is C10H16Si. The largest absolute Gasteiger partial charge is 0.0669 e. The summed E-state index contributed by atoms with van der Waals surface area (Å²) in [6.07, 6.45) is 2.76. The van der Waals surface area contributed by atoms with Gasteiger partial charge in [0.15, 0.2) is 0 Å². The summed E-state index contributed by atoms with van der Waals surface area (Å²) in [7, 11) is 0.0776. The maximum Gasteiger partial charge on any atom is 0.0547 e. The van der Waals surface area contributed by atoms with Gasteiger partial charge in [-0.05, 0) is 0 Å². The molecule has 0 aliphatic rings. The Morgan fingerprint density at radius 2 is 1.91 bits per heavy atom. The Bertz CT molecular complexity index is 181. The minimum Gasteiger partial charge on any atom is -0.0669 e. The Balaban J connectivity index is 2.28. The summed E-state index contributed by atoms with van der Waals surface area (Å²) in [6, 6.07) is 12.4. The molecule has 0 N–H and O–H groups in total. The van der Waals surface area contributed by atoms with E-state index in [9.17, 15) is 0 Å². The van der Waals surface area contributed by atoms with Crippen molar-refractivity contribution >= 4 is 14.7 Å². The molecule has 1 rings (SSSR count). The maximum absolute atomic E-state index is 2.27. The van der Waals surface area contributed by atoms with Crippen LogP contribution in [0.2, 0.25) is 6.04 Å². The van der Waals surface area contributed by atoms with E-state index >= 15 is 0 Å². The molecule has 60 valence electrons. The Kier molecular flexibility index (Phi) is 3.98. The molecule has 0 aliphatic carbocycles. The van der Waals surface area contributed by atoms with E-state index in [4.69, 9.17) is 0 Å². The van der Waals surface area contributed by atoms with E-state index in [0.29, 0.717) is 0 Å². The van der Waals surface area contributed by atoms with E-state index in [1.807, 2.05) is 0 Å². The zero-order chi connectivity index (χ0) is 7.94. The highest BCUT2D eigenvalue weighted by molar-refractivity contribution is 6.53. The second-order valence-corrected chi connectivity index (χ2v) is 4.97. The molecule has 0 amide bonds. The Morgan fingerprint density at radius 3 is 2.55 bits per heavy atom. The van der Waals surface area contributed by atoms with Crippen LogP contribution >= 0.6 is 0 Å². The number of hydrogen-bond acceptors (Lipinski definition) is 0. The van der Waals surface area contributed by atoms with Crippen molar-refractivity contribution in [2.75, 3.05) is 0 Å². The van der Waals surface area contributed by atoms with E-state index in [1.54, 1.807) is 5.19 Å². The minimum absolute atomic E-state index is 0.0776. The summed E-state index contributed by atoms with van der Waals surface area (Å²) in [6.45, 7) is 2.26. The van der Waals surface area contributed by atoms with E-state index in [0.717, 1.165) is 0 Å². The van der Waals surface area contributed by atoms with Crippen molar-refractivity contribution in [3.8, 4) is 0 Å². The van der Waals surface area contributed by atoms with Crippen LogP contribution in [0.15, 0.2) is 30.3 Å². The van der Waals surface area contributed by atoms with Gasteiger partial charge in [-0.1, -0.05) is 61.3 Å². The van der Waals surface area contributed by atoms with Gasteiger partial charge < -0.3 is 0 Å². The van der Waals surface area contributed by atoms with Crippen LogP contribution in [0.5, 0.6) is 0 Å². The molecule has 0 fully saturated rings. The van der Waals surface area contributed by atoms with Crippen molar-refractivity contribution in [3.63, 3.8) is 0 Å². The molecular weight excluding hydrogens is 148 g/mol. The molecule has 0 aliphatic heterocycles. The van der Waals surface area contributed by atoms with Gasteiger partial charge >= 0.3 is 0 Å². The predicted octanol–water partition coefficient (Wildman–Crippen LogP) is 1.70. The van der Waals surface area contributed by atoms with Crippen LogP contribution in [0.25, 0.3) is 0 Å². The number of hydrogen-bond donors (Lipinski definition) is 0. The van der Waals surface area contributed by atoms with Crippen molar-refractivity contribution in [3.05, 3.63) is 30.3 Å². The van der Waals surface area contributed by atoms with Gasteiger partial charge in [-0.15, -0.1) is 0 Å². The summed E-state index contributed by atoms with van der Waals surface area (Å²) < 4.78 is 0. The molecule has 1 aromatic carbocycles. The molecule has 0 radical (unpaired) electrons. The molecule has 0 aromatic heterocycles. The molecule has 1 heteroatoms. The molecule has 0 saturated carbocycles. The highest BCUT2D eigenvalue weighted by atomic mass is 28.2. The normalized spacial score (nSPS) is 11.0. The first kappa shape index (κ1) is 8.53. The van der Waals surface area contributed by atoms with Crippen LogP contribution in [-0.4, -0.2) is 9.52 Å². The molecule has 0 nitrogen and oxygen atoms in total. The van der Waals surface area contributed by atoms with Crippen molar-refractivity contribution < 1.29 is 0 Å². The van der Waals surface area contributed by atoms with E-state index in [-0.39, 0.29) is 9.52 Å². The van der Waals surface area contributed by atoms with Gasteiger partial charge in [0.25, 0.3) is 0 Å². The lowest BCUT2D eigenvalue weighted by molar-refractivity contribution is 0.881. The highest BCUT2D eigenvalue weighted by Crippen LogP contribution is 1.93. The Morgan fingerprint density at radius 1 is 1.18 bits per heavy atom. The van der Waals surface area contributed by atoms with Crippen LogP contribution in [0.1, 0.15) is 19.8 Å². The molecule has 11 heavy (non-hydrogen) atoms. The van der Waals surface area contributed by atoms with E-state index < -0.39 is 0 Å². The summed E-state index contributed by atoms with van der Waals surface area (Å²) in [4.78, 5) is 0. The molecule has 0 atom stereocenters. The number of benzene rings is 1. The summed E-state index contributed by atoms with van der Waals surface area (Å²) in [5.41, 5.74) is 0. The first-order chi connectivity index (χ1) is 5.43. The molecule has 0 spiro atoms. The monoisotopic (exact) mass is 164 g/mol. The van der Waals surface area contributed by atoms with Crippen molar-refractivity contribution in [2.45, 2.75) is 25.8 Å². The number of rotatable bonds is 4. The summed E-state index contributed by atoms with van der Waals surface area (Å²) >= 11 is 0. The average molecular weight is 164 g/mol. The SMILES string of the molecule is CCCC[SiH2]c1ccccc1. The fraction of sp³-hybridized carbons (Fsp3) is 0.400. The molecule has 0 heterocycles. The highest BCUT2D eigenvalue weighted by Gasteiger charge is 1.90. The zero-order valence-corrected chi connectivity index (χ0v) is 8.63. The smallest absolute Gasteiger partial charge is 0.0547 e. The third-order valence-corrected chi connectivity index (χ3v) is 3.81. The van der Waals surface area contributed by atoms with E-state index in [2.05, 4.69) is 37.3 Å².